The maximum absolute atomic E-state index is 13.4. The lowest BCUT2D eigenvalue weighted by atomic mass is 9.88. The molecule has 0 saturated heterocycles. The molecule has 24 heavy (non-hydrogen) atoms. The number of hydrogen-bond donors (Lipinski definition) is 0. The van der Waals surface area contributed by atoms with Crippen LogP contribution in [0.25, 0.3) is 0 Å². The van der Waals surface area contributed by atoms with Crippen LogP contribution in [-0.2, 0) is 4.79 Å². The standard InChI is InChI=1S/C11H10F12O/c12-7(13,4-6(2-1-3-24)9(15,16)17)5-8(14,10(18,19)20)11(21,22)23/h3,6H,1-2,4-5H2. The third kappa shape index (κ3) is 5.72. The van der Waals surface area contributed by atoms with Gasteiger partial charge in [-0.05, 0) is 6.42 Å². The van der Waals surface area contributed by atoms with Gasteiger partial charge in [0, 0.05) is 12.8 Å². The van der Waals surface area contributed by atoms with Gasteiger partial charge in [0.25, 0.3) is 5.92 Å². The van der Waals surface area contributed by atoms with Crippen LogP contribution in [0.4, 0.5) is 52.7 Å². The van der Waals surface area contributed by atoms with E-state index < -0.39 is 61.7 Å². The van der Waals surface area contributed by atoms with E-state index in [0.717, 1.165) is 0 Å². The summed E-state index contributed by atoms with van der Waals surface area (Å²) in [5, 5.41) is 0. The molecule has 0 bridgehead atoms. The maximum atomic E-state index is 13.4. The van der Waals surface area contributed by atoms with Crippen LogP contribution >= 0.6 is 0 Å². The molecule has 0 rings (SSSR count). The number of rotatable bonds is 7. The van der Waals surface area contributed by atoms with E-state index in [4.69, 9.17) is 0 Å². The molecule has 1 atom stereocenters. The molecule has 0 radical (unpaired) electrons. The summed E-state index contributed by atoms with van der Waals surface area (Å²) in [6.45, 7) is 0. The normalized spacial score (nSPS) is 16.2. The Hall–Kier alpha value is -1.17. The van der Waals surface area contributed by atoms with Crippen molar-refractivity contribution in [1.29, 1.82) is 0 Å². The van der Waals surface area contributed by atoms with Gasteiger partial charge in [0.1, 0.15) is 6.29 Å². The van der Waals surface area contributed by atoms with Gasteiger partial charge in [0.05, 0.1) is 12.3 Å². The molecule has 0 aliphatic carbocycles. The third-order valence-corrected chi connectivity index (χ3v) is 3.04. The maximum Gasteiger partial charge on any atom is 0.431 e. The van der Waals surface area contributed by atoms with Crippen LogP contribution in [0.15, 0.2) is 0 Å². The van der Waals surface area contributed by atoms with E-state index in [1.54, 1.807) is 0 Å². The molecule has 0 spiro atoms. The Labute approximate surface area is 127 Å². The van der Waals surface area contributed by atoms with E-state index in [0.29, 0.717) is 0 Å². The molecule has 0 aliphatic rings. The van der Waals surface area contributed by atoms with Crippen LogP contribution in [0.1, 0.15) is 25.7 Å². The first-order valence-electron chi connectivity index (χ1n) is 6.08. The molecular weight excluding hydrogens is 376 g/mol. The first-order valence-corrected chi connectivity index (χ1v) is 6.08. The zero-order valence-electron chi connectivity index (χ0n) is 11.4. The Morgan fingerprint density at radius 1 is 0.750 bits per heavy atom. The Bertz CT molecular complexity index is 404. The molecule has 0 aromatic heterocycles. The summed E-state index contributed by atoms with van der Waals surface area (Å²) in [5.41, 5.74) is -6.37. The van der Waals surface area contributed by atoms with E-state index in [9.17, 15) is 57.5 Å². The van der Waals surface area contributed by atoms with E-state index in [-0.39, 0.29) is 6.29 Å². The average molecular weight is 386 g/mol. The summed E-state index contributed by atoms with van der Waals surface area (Å²) < 4.78 is 151. The lowest BCUT2D eigenvalue weighted by Crippen LogP contribution is -2.56. The minimum absolute atomic E-state index is 0.0955. The van der Waals surface area contributed by atoms with Gasteiger partial charge in [-0.15, -0.1) is 0 Å². The monoisotopic (exact) mass is 386 g/mol. The SMILES string of the molecule is O=CCCC(CC(F)(F)CC(F)(C(F)(F)F)C(F)(F)F)C(F)(F)F. The highest BCUT2D eigenvalue weighted by molar-refractivity contribution is 5.49. The highest BCUT2D eigenvalue weighted by Crippen LogP contribution is 2.53. The second-order valence-corrected chi connectivity index (χ2v) is 5.02. The van der Waals surface area contributed by atoms with Crippen LogP contribution in [0.2, 0.25) is 0 Å². The van der Waals surface area contributed by atoms with Crippen molar-refractivity contribution in [2.75, 3.05) is 0 Å². The predicted octanol–water partition coefficient (Wildman–Crippen LogP) is 5.39. The summed E-state index contributed by atoms with van der Waals surface area (Å²) in [6.07, 6.45) is -27.3. The quantitative estimate of drug-likeness (QED) is 0.424. The molecule has 0 fully saturated rings. The molecule has 0 N–H and O–H groups in total. The van der Waals surface area contributed by atoms with E-state index in [1.807, 2.05) is 0 Å². The number of carbonyl (C=O) groups excluding carboxylic acids is 1. The lowest BCUT2D eigenvalue weighted by molar-refractivity contribution is -0.355. The highest BCUT2D eigenvalue weighted by atomic mass is 19.4. The average Bonchev–Trinajstić information content (AvgIpc) is 2.29. The van der Waals surface area contributed by atoms with Crippen molar-refractivity contribution in [2.45, 2.75) is 55.8 Å². The fourth-order valence-electron chi connectivity index (χ4n) is 1.80. The lowest BCUT2D eigenvalue weighted by Gasteiger charge is -2.34. The number of hydrogen-bond acceptors (Lipinski definition) is 1. The largest absolute Gasteiger partial charge is 0.431 e. The van der Waals surface area contributed by atoms with Crippen molar-refractivity contribution in [3.05, 3.63) is 0 Å². The fourth-order valence-corrected chi connectivity index (χ4v) is 1.80. The summed E-state index contributed by atoms with van der Waals surface area (Å²) in [6, 6.07) is 0. The van der Waals surface area contributed by atoms with Crippen LogP contribution in [0.5, 0.6) is 0 Å². The molecule has 0 aliphatic heterocycles. The molecule has 0 aromatic carbocycles. The van der Waals surface area contributed by atoms with Gasteiger partial charge in [-0.1, -0.05) is 0 Å². The first-order chi connectivity index (χ1) is 10.4. The summed E-state index contributed by atoms with van der Waals surface area (Å²) >= 11 is 0. The van der Waals surface area contributed by atoms with Crippen molar-refractivity contribution >= 4 is 6.29 Å². The predicted molar refractivity (Wildman–Crippen MR) is 55.0 cm³/mol. The Morgan fingerprint density at radius 3 is 1.46 bits per heavy atom. The number of aldehydes is 1. The second-order valence-electron chi connectivity index (χ2n) is 5.02. The van der Waals surface area contributed by atoms with Gasteiger partial charge >= 0.3 is 24.2 Å². The van der Waals surface area contributed by atoms with Crippen LogP contribution in [0.3, 0.4) is 0 Å². The summed E-state index contributed by atoms with van der Waals surface area (Å²) in [4.78, 5) is 9.98. The summed E-state index contributed by atoms with van der Waals surface area (Å²) in [7, 11) is 0. The van der Waals surface area contributed by atoms with E-state index >= 15 is 0 Å². The van der Waals surface area contributed by atoms with Crippen molar-refractivity contribution < 1.29 is 57.5 Å². The topological polar surface area (TPSA) is 17.1 Å². The molecule has 144 valence electrons. The Kier molecular flexibility index (Phi) is 6.64. The zero-order chi connectivity index (χ0) is 19.6. The van der Waals surface area contributed by atoms with E-state index in [2.05, 4.69) is 0 Å². The van der Waals surface area contributed by atoms with Gasteiger partial charge in [-0.25, -0.2) is 13.2 Å². The molecule has 1 unspecified atom stereocenters. The number of halogens is 12. The van der Waals surface area contributed by atoms with Crippen molar-refractivity contribution in [1.82, 2.24) is 0 Å². The number of alkyl halides is 12. The molecule has 1 nitrogen and oxygen atoms in total. The Morgan fingerprint density at radius 2 is 1.17 bits per heavy atom. The van der Waals surface area contributed by atoms with Crippen molar-refractivity contribution in [3.8, 4) is 0 Å². The molecule has 0 heterocycles. The second kappa shape index (κ2) is 6.98. The van der Waals surface area contributed by atoms with Gasteiger partial charge in [-0.3, -0.25) is 0 Å². The minimum Gasteiger partial charge on any atom is -0.303 e. The third-order valence-electron chi connectivity index (χ3n) is 3.04. The van der Waals surface area contributed by atoms with E-state index in [1.165, 1.54) is 0 Å². The molecule has 13 heteroatoms. The van der Waals surface area contributed by atoms with Gasteiger partial charge in [-0.2, -0.15) is 39.5 Å². The molecule has 0 saturated carbocycles. The van der Waals surface area contributed by atoms with Gasteiger partial charge < -0.3 is 4.79 Å². The van der Waals surface area contributed by atoms with Crippen molar-refractivity contribution in [2.24, 2.45) is 5.92 Å². The molecule has 0 amide bonds. The summed E-state index contributed by atoms with van der Waals surface area (Å²) in [5.74, 6) is -8.34. The van der Waals surface area contributed by atoms with Crippen LogP contribution in [0, 0.1) is 5.92 Å². The highest BCUT2D eigenvalue weighted by Gasteiger charge is 2.75. The molecular formula is C11H10F12O. The fraction of sp³-hybridized carbons (Fsp3) is 0.909. The van der Waals surface area contributed by atoms with Crippen LogP contribution < -0.4 is 0 Å². The minimum atomic E-state index is -6.80. The smallest absolute Gasteiger partial charge is 0.303 e. The molecule has 0 aromatic rings. The van der Waals surface area contributed by atoms with Gasteiger partial charge in [0.2, 0.25) is 0 Å². The Balaban J connectivity index is 5.52. The van der Waals surface area contributed by atoms with Crippen LogP contribution in [-0.4, -0.2) is 36.4 Å². The van der Waals surface area contributed by atoms with Crippen molar-refractivity contribution in [3.63, 3.8) is 0 Å². The zero-order valence-corrected chi connectivity index (χ0v) is 11.4. The number of carbonyl (C=O) groups is 1. The van der Waals surface area contributed by atoms with Gasteiger partial charge in [0.15, 0.2) is 0 Å². The first kappa shape index (κ1) is 22.8.